The van der Waals surface area contributed by atoms with Crippen molar-refractivity contribution >= 4 is 127 Å². The Bertz CT molecular complexity index is 2820. The Morgan fingerprint density at radius 3 is 1.43 bits per heavy atom. The van der Waals surface area contributed by atoms with Gasteiger partial charge in [0.25, 0.3) is 23.6 Å². The van der Waals surface area contributed by atoms with Crippen molar-refractivity contribution in [2.75, 3.05) is 34.5 Å². The summed E-state index contributed by atoms with van der Waals surface area (Å²) < 4.78 is 11.3. The maximum Gasteiger partial charge on any atom is 0.258 e. The van der Waals surface area contributed by atoms with Gasteiger partial charge in [-0.15, -0.1) is 34.8 Å². The minimum atomic E-state index is -1.64. The number of nitrogens with one attached hydrogen (secondary N) is 4. The number of hydrogen-bond acceptors (Lipinski definition) is 12. The molecule has 3 atom stereocenters. The first-order chi connectivity index (χ1) is 33.0. The highest BCUT2D eigenvalue weighted by atomic mass is 35.5. The van der Waals surface area contributed by atoms with Crippen LogP contribution in [-0.4, -0.2) is 60.5 Å². The van der Waals surface area contributed by atoms with Crippen molar-refractivity contribution in [3.63, 3.8) is 0 Å². The molecule has 0 aliphatic carbocycles. The molecule has 4 amide bonds. The Kier molecular flexibility index (Phi) is 19.6. The summed E-state index contributed by atoms with van der Waals surface area (Å²) in [6, 6.07) is 19.7. The van der Waals surface area contributed by atoms with Gasteiger partial charge in [0.1, 0.15) is 11.5 Å². The molecule has 5 rings (SSSR count). The van der Waals surface area contributed by atoms with E-state index in [1.165, 1.54) is 54.6 Å². The number of carbonyl (C=O) groups is 6. The molecule has 21 heteroatoms. The Hall–Kier alpha value is -6.43. The van der Waals surface area contributed by atoms with Crippen LogP contribution in [-0.2, 0) is 30.9 Å². The largest absolute Gasteiger partial charge is 0.493 e. The first-order valence-electron chi connectivity index (χ1n) is 21.0. The summed E-state index contributed by atoms with van der Waals surface area (Å²) in [4.78, 5) is 79.1. The molecule has 69 heavy (non-hydrogen) atoms. The Morgan fingerprint density at radius 1 is 0.580 bits per heavy atom. The zero-order valence-electron chi connectivity index (χ0n) is 37.7. The van der Waals surface area contributed by atoms with Crippen LogP contribution >= 0.6 is 58.0 Å². The summed E-state index contributed by atoms with van der Waals surface area (Å²) in [5.41, 5.74) is 3.07. The second-order valence-electron chi connectivity index (χ2n) is 14.9. The van der Waals surface area contributed by atoms with E-state index in [-0.39, 0.29) is 55.7 Å². The normalized spacial score (nSPS) is 12.5. The number of Topliss-reactive ketones (excluding diaryl/α,β-unsaturated/α-hetero) is 2. The number of amides is 4. The van der Waals surface area contributed by atoms with Crippen LogP contribution in [0, 0.1) is 0 Å². The quantitative estimate of drug-likeness (QED) is 0.0314. The number of anilines is 4. The molecule has 0 spiro atoms. The van der Waals surface area contributed by atoms with Gasteiger partial charge in [0.2, 0.25) is 12.1 Å². The molecule has 360 valence electrons. The average Bonchev–Trinajstić information content (AvgIpc) is 3.29. The molecule has 0 bridgehead atoms. The van der Waals surface area contributed by atoms with Gasteiger partial charge in [-0.1, -0.05) is 35.3 Å². The van der Waals surface area contributed by atoms with E-state index in [2.05, 4.69) is 41.7 Å². The molecule has 5 aromatic rings. The van der Waals surface area contributed by atoms with Gasteiger partial charge >= 0.3 is 0 Å². The summed E-state index contributed by atoms with van der Waals surface area (Å²) in [6.07, 6.45) is 0. The van der Waals surface area contributed by atoms with Gasteiger partial charge in [-0.3, -0.25) is 28.8 Å². The zero-order chi connectivity index (χ0) is 50.4. The number of carbonyl (C=O) groups excluding carboxylic acids is 6. The van der Waals surface area contributed by atoms with Crippen molar-refractivity contribution in [2.24, 2.45) is 20.5 Å². The van der Waals surface area contributed by atoms with E-state index in [4.69, 9.17) is 67.5 Å². The van der Waals surface area contributed by atoms with Gasteiger partial charge in [-0.2, -0.15) is 20.5 Å². The Morgan fingerprint density at radius 2 is 1.03 bits per heavy atom. The molecule has 0 aliphatic heterocycles. The number of halogens is 5. The molecule has 0 aromatic heterocycles. The van der Waals surface area contributed by atoms with Crippen molar-refractivity contribution in [3.8, 4) is 11.5 Å². The van der Waals surface area contributed by atoms with Crippen molar-refractivity contribution in [3.05, 3.63) is 129 Å². The van der Waals surface area contributed by atoms with E-state index >= 15 is 0 Å². The number of alkyl halides is 3. The Labute approximate surface area is 422 Å². The summed E-state index contributed by atoms with van der Waals surface area (Å²) in [7, 11) is 0. The van der Waals surface area contributed by atoms with Crippen LogP contribution < -0.4 is 30.7 Å². The van der Waals surface area contributed by atoms with E-state index in [9.17, 15) is 28.8 Å². The van der Waals surface area contributed by atoms with Gasteiger partial charge in [-0.05, 0) is 119 Å². The van der Waals surface area contributed by atoms with Crippen molar-refractivity contribution < 1.29 is 38.2 Å². The second-order valence-corrected chi connectivity index (χ2v) is 16.9. The second kappa shape index (κ2) is 25.3. The van der Waals surface area contributed by atoms with E-state index in [1.807, 2.05) is 13.8 Å². The van der Waals surface area contributed by atoms with Crippen LogP contribution in [0.4, 0.5) is 34.1 Å². The molecular formula is C48H45Cl5N8O8. The molecule has 16 nitrogen and oxygen atoms in total. The number of rotatable bonds is 21. The highest BCUT2D eigenvalue weighted by molar-refractivity contribution is 6.32. The lowest BCUT2D eigenvalue weighted by Crippen LogP contribution is -2.32. The van der Waals surface area contributed by atoms with Crippen LogP contribution in [0.2, 0.25) is 10.0 Å². The minimum Gasteiger partial charge on any atom is -0.493 e. The maximum atomic E-state index is 13.6. The number of nitrogens with zero attached hydrogens (tertiary/aromatic N) is 4. The fourth-order valence-electron chi connectivity index (χ4n) is 6.52. The van der Waals surface area contributed by atoms with Crippen LogP contribution in [0.3, 0.4) is 0 Å². The number of ether oxygens (including phenoxy) is 2. The molecule has 0 saturated carbocycles. The summed E-state index contributed by atoms with van der Waals surface area (Å²) in [5, 5.41) is 26.5. The third kappa shape index (κ3) is 14.5. The van der Waals surface area contributed by atoms with Gasteiger partial charge < -0.3 is 30.7 Å². The predicted octanol–water partition coefficient (Wildman–Crippen LogP) is 12.4. The summed E-state index contributed by atoms with van der Waals surface area (Å²) in [6.45, 7) is 8.37. The number of hydrogen-bond donors (Lipinski definition) is 4. The predicted molar refractivity (Wildman–Crippen MR) is 269 cm³/mol. The van der Waals surface area contributed by atoms with Gasteiger partial charge in [0.15, 0.2) is 11.6 Å². The van der Waals surface area contributed by atoms with Crippen molar-refractivity contribution in [1.82, 2.24) is 0 Å². The molecule has 0 heterocycles. The van der Waals surface area contributed by atoms with Gasteiger partial charge in [-0.25, -0.2) is 0 Å². The molecule has 0 saturated heterocycles. The van der Waals surface area contributed by atoms with Gasteiger partial charge in [0, 0.05) is 55.0 Å². The standard InChI is InChI=1S/C48H45Cl5N8O8/c1-6-68-41-12-8-10-38(36(41)23-49)55-45(64)28-16-30(52)20-33(18-28)58-60-43(26(4)62)47(66)54-32-14-15-40(35(22-32)25(3)51)57-48(67)44(27(5)63)61-59-34-19-29(17-31(53)21-34)46(65)56-39-11-9-13-42(69-7-2)37(39)24-50/h8-22,25,43-44H,6-7,23-24H2,1-5H3,(H,54,66)(H,55,64)(H,56,65)(H,57,67). The van der Waals surface area contributed by atoms with E-state index < -0.39 is 52.7 Å². The third-order valence-corrected chi connectivity index (χ3v) is 11.0. The topological polar surface area (TPSA) is 218 Å². The monoisotopic (exact) mass is 1040 g/mol. The molecule has 3 unspecified atom stereocenters. The van der Waals surface area contributed by atoms with E-state index in [1.54, 1.807) is 43.3 Å². The summed E-state index contributed by atoms with van der Waals surface area (Å²) >= 11 is 31.5. The molecular weight excluding hydrogens is 994 g/mol. The van der Waals surface area contributed by atoms with Crippen LogP contribution in [0.5, 0.6) is 11.5 Å². The van der Waals surface area contributed by atoms with Crippen molar-refractivity contribution in [1.29, 1.82) is 0 Å². The van der Waals surface area contributed by atoms with E-state index in [0.717, 1.165) is 13.8 Å². The molecule has 0 fully saturated rings. The van der Waals surface area contributed by atoms with Crippen LogP contribution in [0.25, 0.3) is 0 Å². The maximum absolute atomic E-state index is 13.6. The number of azo groups is 2. The first kappa shape index (κ1) is 53.5. The van der Waals surface area contributed by atoms with Gasteiger partial charge in [0.05, 0.1) is 41.7 Å². The lowest BCUT2D eigenvalue weighted by molar-refractivity contribution is -0.127. The lowest BCUT2D eigenvalue weighted by atomic mass is 10.1. The zero-order valence-corrected chi connectivity index (χ0v) is 41.4. The smallest absolute Gasteiger partial charge is 0.258 e. The summed E-state index contributed by atoms with van der Waals surface area (Å²) in [5.74, 6) is -2.93. The Balaban J connectivity index is 1.29. The van der Waals surface area contributed by atoms with Crippen LogP contribution in [0.1, 0.15) is 77.4 Å². The molecule has 0 radical (unpaired) electrons. The molecule has 4 N–H and O–H groups in total. The number of ketones is 2. The average molecular weight is 1040 g/mol. The fourth-order valence-corrected chi connectivity index (χ4v) is 7.71. The third-order valence-electron chi connectivity index (χ3n) is 9.77. The highest BCUT2D eigenvalue weighted by Crippen LogP contribution is 2.33. The highest BCUT2D eigenvalue weighted by Gasteiger charge is 2.27. The van der Waals surface area contributed by atoms with E-state index in [0.29, 0.717) is 52.8 Å². The minimum absolute atomic E-state index is 0.0697. The molecule has 5 aromatic carbocycles. The lowest BCUT2D eigenvalue weighted by Gasteiger charge is -2.17. The SMILES string of the molecule is CCOc1cccc(NC(=O)c2cc(Cl)cc(N=NC(C(C)=O)C(=O)Nc3ccc(NC(=O)C(N=Nc4cc(Cl)cc(C(=O)Nc5cccc(OCC)c5CCl)c4)C(C)=O)c(C(C)Cl)c3)c2)c1CCl. The fraction of sp³-hybridized carbons (Fsp3) is 0.250. The number of benzene rings is 5. The van der Waals surface area contributed by atoms with Crippen LogP contribution in [0.15, 0.2) is 111 Å². The first-order valence-corrected chi connectivity index (χ1v) is 23.3. The van der Waals surface area contributed by atoms with Crippen molar-refractivity contribution in [2.45, 2.75) is 63.8 Å². The molecule has 0 aliphatic rings.